The van der Waals surface area contributed by atoms with Crippen molar-refractivity contribution in [2.75, 3.05) is 0 Å². The van der Waals surface area contributed by atoms with Gasteiger partial charge in [0.05, 0.1) is 18.2 Å². The van der Waals surface area contributed by atoms with Gasteiger partial charge in [-0.15, -0.1) is 11.3 Å². The van der Waals surface area contributed by atoms with Crippen molar-refractivity contribution in [1.82, 2.24) is 10.3 Å². The summed E-state index contributed by atoms with van der Waals surface area (Å²) in [6.45, 7) is 2.93. The number of hydrogen-bond acceptors (Lipinski definition) is 4. The van der Waals surface area contributed by atoms with Crippen molar-refractivity contribution in [3.63, 3.8) is 0 Å². The number of rotatable bonds is 5. The lowest BCUT2D eigenvalue weighted by Gasteiger charge is -2.11. The lowest BCUT2D eigenvalue weighted by atomic mass is 10.2. The zero-order chi connectivity index (χ0) is 11.4. The van der Waals surface area contributed by atoms with Crippen LogP contribution in [0.2, 0.25) is 0 Å². The summed E-state index contributed by atoms with van der Waals surface area (Å²) < 4.78 is 0. The number of thiazole rings is 1. The van der Waals surface area contributed by atoms with Gasteiger partial charge in [-0.2, -0.15) is 5.26 Å². The fraction of sp³-hybridized carbons (Fsp3) is 0.667. The summed E-state index contributed by atoms with van der Waals surface area (Å²) >= 11 is 1.84. The molecule has 1 heterocycles. The van der Waals surface area contributed by atoms with Crippen LogP contribution in [0.4, 0.5) is 0 Å². The molecule has 16 heavy (non-hydrogen) atoms. The van der Waals surface area contributed by atoms with Gasteiger partial charge < -0.3 is 5.32 Å². The van der Waals surface area contributed by atoms with Crippen molar-refractivity contribution in [2.45, 2.75) is 51.6 Å². The first-order chi connectivity index (χ1) is 7.83. The molecule has 1 N–H and O–H groups in total. The maximum Gasteiger partial charge on any atom is 0.107 e. The van der Waals surface area contributed by atoms with Crippen LogP contribution in [0, 0.1) is 11.3 Å². The molecule has 2 rings (SSSR count). The van der Waals surface area contributed by atoms with Gasteiger partial charge in [0.2, 0.25) is 0 Å². The third-order valence-electron chi connectivity index (χ3n) is 3.01. The molecule has 1 aromatic rings. The number of aromatic nitrogens is 1. The number of hydrogen-bond donors (Lipinski definition) is 1. The lowest BCUT2D eigenvalue weighted by molar-refractivity contribution is 0.504. The van der Waals surface area contributed by atoms with Crippen LogP contribution in [-0.4, -0.2) is 11.0 Å². The normalized spacial score (nSPS) is 15.8. The topological polar surface area (TPSA) is 48.7 Å². The van der Waals surface area contributed by atoms with Crippen LogP contribution in [0.1, 0.15) is 41.8 Å². The van der Waals surface area contributed by atoms with Crippen molar-refractivity contribution in [2.24, 2.45) is 0 Å². The number of fused-ring (bicyclic) bond motifs is 1. The molecule has 0 bridgehead atoms. The van der Waals surface area contributed by atoms with E-state index in [4.69, 9.17) is 5.26 Å². The van der Waals surface area contributed by atoms with E-state index in [0.717, 1.165) is 19.4 Å². The monoisotopic (exact) mass is 235 g/mol. The van der Waals surface area contributed by atoms with E-state index in [9.17, 15) is 0 Å². The van der Waals surface area contributed by atoms with Gasteiger partial charge in [0.15, 0.2) is 0 Å². The van der Waals surface area contributed by atoms with Crippen LogP contribution in [0.25, 0.3) is 0 Å². The van der Waals surface area contributed by atoms with Gasteiger partial charge in [-0.25, -0.2) is 4.98 Å². The Morgan fingerprint density at radius 1 is 1.56 bits per heavy atom. The number of nitrogens with zero attached hydrogens (tertiary/aromatic N) is 2. The Kier molecular flexibility index (Phi) is 3.92. The Bertz CT molecular complexity index is 370. The van der Waals surface area contributed by atoms with Crippen molar-refractivity contribution < 1.29 is 0 Å². The van der Waals surface area contributed by atoms with E-state index < -0.39 is 0 Å². The molecule has 0 radical (unpaired) electrons. The first-order valence-corrected chi connectivity index (χ1v) is 6.73. The third-order valence-corrected chi connectivity index (χ3v) is 4.17. The molecule has 1 aromatic heterocycles. The van der Waals surface area contributed by atoms with E-state index >= 15 is 0 Å². The highest BCUT2D eigenvalue weighted by molar-refractivity contribution is 7.11. The number of nitrogens with one attached hydrogen (secondary N) is 1. The van der Waals surface area contributed by atoms with Crippen LogP contribution in [-0.2, 0) is 19.4 Å². The second kappa shape index (κ2) is 5.42. The Labute approximate surface area is 101 Å². The molecule has 0 saturated carbocycles. The summed E-state index contributed by atoms with van der Waals surface area (Å²) in [6.07, 6.45) is 5.22. The molecular weight excluding hydrogens is 218 g/mol. The van der Waals surface area contributed by atoms with Gasteiger partial charge in [-0.1, -0.05) is 6.92 Å². The quantitative estimate of drug-likeness (QED) is 0.852. The average molecular weight is 235 g/mol. The molecule has 0 saturated heterocycles. The summed E-state index contributed by atoms with van der Waals surface area (Å²) in [5.41, 5.74) is 1.31. The first-order valence-electron chi connectivity index (χ1n) is 5.91. The highest BCUT2D eigenvalue weighted by atomic mass is 32.1. The van der Waals surface area contributed by atoms with Crippen molar-refractivity contribution in [3.05, 3.63) is 15.6 Å². The highest BCUT2D eigenvalue weighted by Crippen LogP contribution is 2.27. The standard InChI is InChI=1S/C12H17N3S/c1-2-9(6-7-13)14-8-12-15-10-4-3-5-11(10)16-12/h9,14H,2-6,8H2,1H3. The highest BCUT2D eigenvalue weighted by Gasteiger charge is 2.16. The number of nitriles is 1. The molecule has 1 unspecified atom stereocenters. The van der Waals surface area contributed by atoms with E-state index in [2.05, 4.69) is 23.3 Å². The van der Waals surface area contributed by atoms with E-state index in [0.29, 0.717) is 12.5 Å². The summed E-state index contributed by atoms with van der Waals surface area (Å²) in [6, 6.07) is 2.52. The maximum absolute atomic E-state index is 8.66. The molecule has 0 fully saturated rings. The van der Waals surface area contributed by atoms with Gasteiger partial charge in [0, 0.05) is 17.5 Å². The number of aryl methyl sites for hydroxylation is 2. The summed E-state index contributed by atoms with van der Waals surface area (Å²) in [4.78, 5) is 6.11. The van der Waals surface area contributed by atoms with Crippen LogP contribution >= 0.6 is 11.3 Å². The molecular formula is C12H17N3S. The summed E-state index contributed by atoms with van der Waals surface area (Å²) in [5, 5.41) is 13.2. The largest absolute Gasteiger partial charge is 0.307 e. The lowest BCUT2D eigenvalue weighted by Crippen LogP contribution is -2.27. The smallest absolute Gasteiger partial charge is 0.107 e. The van der Waals surface area contributed by atoms with Crippen LogP contribution in [0.3, 0.4) is 0 Å². The third kappa shape index (κ3) is 2.60. The predicted molar refractivity (Wildman–Crippen MR) is 65.3 cm³/mol. The summed E-state index contributed by atoms with van der Waals surface area (Å²) in [7, 11) is 0. The second-order valence-electron chi connectivity index (χ2n) is 4.18. The Morgan fingerprint density at radius 2 is 2.44 bits per heavy atom. The van der Waals surface area contributed by atoms with Crippen LogP contribution < -0.4 is 5.32 Å². The van der Waals surface area contributed by atoms with Gasteiger partial charge in [-0.3, -0.25) is 0 Å². The minimum Gasteiger partial charge on any atom is -0.307 e. The van der Waals surface area contributed by atoms with Gasteiger partial charge in [0.25, 0.3) is 0 Å². The molecule has 3 nitrogen and oxygen atoms in total. The molecule has 86 valence electrons. The Hall–Kier alpha value is -0.920. The second-order valence-corrected chi connectivity index (χ2v) is 5.35. The van der Waals surface area contributed by atoms with Crippen molar-refractivity contribution in [1.29, 1.82) is 5.26 Å². The zero-order valence-electron chi connectivity index (χ0n) is 9.62. The van der Waals surface area contributed by atoms with Gasteiger partial charge in [-0.05, 0) is 25.7 Å². The van der Waals surface area contributed by atoms with E-state index in [-0.39, 0.29) is 0 Å². The molecule has 0 spiro atoms. The Balaban J connectivity index is 1.87. The SMILES string of the molecule is CCC(CC#N)NCc1nc2c(s1)CCC2. The van der Waals surface area contributed by atoms with E-state index in [1.807, 2.05) is 11.3 Å². The van der Waals surface area contributed by atoms with E-state index in [1.165, 1.54) is 28.4 Å². The van der Waals surface area contributed by atoms with Crippen LogP contribution in [0.5, 0.6) is 0 Å². The average Bonchev–Trinajstić information content (AvgIpc) is 2.84. The van der Waals surface area contributed by atoms with Gasteiger partial charge in [0.1, 0.15) is 5.01 Å². The zero-order valence-corrected chi connectivity index (χ0v) is 10.4. The molecule has 1 aliphatic rings. The molecule has 1 atom stereocenters. The van der Waals surface area contributed by atoms with Gasteiger partial charge >= 0.3 is 0 Å². The fourth-order valence-electron chi connectivity index (χ4n) is 2.02. The van der Waals surface area contributed by atoms with Crippen molar-refractivity contribution >= 4 is 11.3 Å². The molecule has 0 amide bonds. The molecule has 1 aliphatic carbocycles. The van der Waals surface area contributed by atoms with Crippen LogP contribution in [0.15, 0.2) is 0 Å². The predicted octanol–water partition coefficient (Wildman–Crippen LogP) is 2.41. The van der Waals surface area contributed by atoms with Crippen molar-refractivity contribution in [3.8, 4) is 6.07 Å². The molecule has 0 aromatic carbocycles. The molecule has 4 heteroatoms. The van der Waals surface area contributed by atoms with E-state index in [1.54, 1.807) is 0 Å². The fourth-order valence-corrected chi connectivity index (χ4v) is 3.13. The maximum atomic E-state index is 8.66. The minimum absolute atomic E-state index is 0.309. The molecule has 0 aliphatic heterocycles. The Morgan fingerprint density at radius 3 is 3.12 bits per heavy atom. The minimum atomic E-state index is 0.309. The first kappa shape index (κ1) is 11.6. The summed E-state index contributed by atoms with van der Waals surface area (Å²) in [5.74, 6) is 0.